The Morgan fingerprint density at radius 1 is 1.79 bits per heavy atom. The quantitative estimate of drug-likeness (QED) is 0.719. The molecule has 0 saturated carbocycles. The van der Waals surface area contributed by atoms with E-state index in [0.29, 0.717) is 5.84 Å². The number of aryl methyl sites for hydroxylation is 1. The summed E-state index contributed by atoms with van der Waals surface area (Å²) in [7, 11) is 0. The lowest BCUT2D eigenvalue weighted by Crippen LogP contribution is -2.19. The van der Waals surface area contributed by atoms with Gasteiger partial charge in [-0.05, 0) is 6.92 Å². The Kier molecular flexibility index (Phi) is 1.78. The van der Waals surface area contributed by atoms with Crippen molar-refractivity contribution in [1.29, 1.82) is 0 Å². The van der Waals surface area contributed by atoms with Gasteiger partial charge < -0.3 is 15.3 Å². The van der Waals surface area contributed by atoms with E-state index in [1.807, 2.05) is 6.92 Å². The smallest absolute Gasteiger partial charge is 0.328 e. The number of carbonyl (C=O) groups is 1. The first-order valence-corrected chi connectivity index (χ1v) is 4.01. The number of aliphatic carboxylic acids is 1. The Labute approximate surface area is 79.0 Å². The molecule has 0 saturated heterocycles. The lowest BCUT2D eigenvalue weighted by atomic mass is 10.3. The van der Waals surface area contributed by atoms with Gasteiger partial charge in [0.25, 0.3) is 0 Å². The fourth-order valence-corrected chi connectivity index (χ4v) is 1.18. The third-order valence-electron chi connectivity index (χ3n) is 1.99. The van der Waals surface area contributed by atoms with Gasteiger partial charge in [-0.3, -0.25) is 9.20 Å². The van der Waals surface area contributed by atoms with E-state index in [1.54, 1.807) is 10.6 Å². The molecule has 2 rings (SSSR count). The highest BCUT2D eigenvalue weighted by molar-refractivity contribution is 5.74. The molecule has 14 heavy (non-hydrogen) atoms. The van der Waals surface area contributed by atoms with Crippen LogP contribution in [0.2, 0.25) is 0 Å². The molecule has 6 heteroatoms. The van der Waals surface area contributed by atoms with Crippen LogP contribution in [-0.2, 0) is 4.79 Å². The van der Waals surface area contributed by atoms with Gasteiger partial charge in [0, 0.05) is 5.69 Å². The molecule has 0 spiro atoms. The summed E-state index contributed by atoms with van der Waals surface area (Å²) in [6.07, 6.45) is 3.17. The molecule has 1 atom stereocenters. The van der Waals surface area contributed by atoms with E-state index in [1.165, 1.54) is 6.20 Å². The maximum atomic E-state index is 10.6. The molecule has 6 nitrogen and oxygen atoms in total. The van der Waals surface area contributed by atoms with Crippen LogP contribution in [-0.4, -0.2) is 20.5 Å². The van der Waals surface area contributed by atoms with Crippen LogP contribution in [0.3, 0.4) is 0 Å². The van der Waals surface area contributed by atoms with E-state index < -0.39 is 12.0 Å². The number of oxazole rings is 1. The van der Waals surface area contributed by atoms with Gasteiger partial charge in [-0.1, -0.05) is 0 Å². The van der Waals surface area contributed by atoms with Gasteiger partial charge in [0.05, 0.1) is 12.4 Å². The van der Waals surface area contributed by atoms with E-state index in [4.69, 9.17) is 15.3 Å². The summed E-state index contributed by atoms with van der Waals surface area (Å²) >= 11 is 0. The fraction of sp³-hybridized carbons (Fsp3) is 0.250. The number of carboxylic acid groups (broad SMARTS) is 1. The second kappa shape index (κ2) is 2.85. The molecule has 0 aliphatic carbocycles. The highest BCUT2D eigenvalue weighted by Gasteiger charge is 2.19. The number of fused-ring (bicyclic) bond motifs is 1. The molecular weight excluding hydrogens is 186 g/mol. The van der Waals surface area contributed by atoms with Crippen LogP contribution in [0, 0.1) is 6.92 Å². The molecule has 3 N–H and O–H groups in total. The molecular formula is C8H9N3O3. The van der Waals surface area contributed by atoms with Crippen LogP contribution in [0.15, 0.2) is 16.8 Å². The number of nitrogens with zero attached hydrogens (tertiary/aromatic N) is 2. The average Bonchev–Trinajstić information content (AvgIpc) is 2.67. The van der Waals surface area contributed by atoms with Gasteiger partial charge in [0.2, 0.25) is 0 Å². The minimum absolute atomic E-state index is 0.198. The maximum absolute atomic E-state index is 10.6. The molecule has 2 heterocycles. The van der Waals surface area contributed by atoms with Gasteiger partial charge in [0.1, 0.15) is 0 Å². The summed E-state index contributed by atoms with van der Waals surface area (Å²) in [6, 6.07) is -1.14. The lowest BCUT2D eigenvalue weighted by molar-refractivity contribution is -0.139. The van der Waals surface area contributed by atoms with Crippen molar-refractivity contribution in [3.63, 3.8) is 0 Å². The van der Waals surface area contributed by atoms with Crippen molar-refractivity contribution in [1.82, 2.24) is 9.38 Å². The van der Waals surface area contributed by atoms with Gasteiger partial charge >= 0.3 is 11.8 Å². The Morgan fingerprint density at radius 3 is 3.07 bits per heavy atom. The first-order chi connectivity index (χ1) is 6.59. The zero-order chi connectivity index (χ0) is 10.3. The number of nitrogens with two attached hydrogens (primary N) is 1. The molecule has 0 radical (unpaired) electrons. The standard InChI is InChI=1S/C8H9N3O3/c1-4-2-10-8-11(4)3-5(14-8)6(9)7(12)13/h2-3,6H,9H2,1H3,(H,12,13). The van der Waals surface area contributed by atoms with Gasteiger partial charge in [-0.25, -0.2) is 4.98 Å². The molecule has 2 aromatic rings. The summed E-state index contributed by atoms with van der Waals surface area (Å²) in [5.74, 6) is -0.572. The van der Waals surface area contributed by atoms with Crippen molar-refractivity contribution in [2.24, 2.45) is 5.73 Å². The highest BCUT2D eigenvalue weighted by Crippen LogP contribution is 2.16. The Hall–Kier alpha value is -1.82. The third-order valence-corrected chi connectivity index (χ3v) is 1.99. The highest BCUT2D eigenvalue weighted by atomic mass is 16.4. The summed E-state index contributed by atoms with van der Waals surface area (Å²) in [5, 5.41) is 8.65. The van der Waals surface area contributed by atoms with Crippen molar-refractivity contribution in [3.8, 4) is 0 Å². The van der Waals surface area contributed by atoms with E-state index in [2.05, 4.69) is 4.98 Å². The van der Waals surface area contributed by atoms with E-state index >= 15 is 0 Å². The normalized spacial score (nSPS) is 13.3. The second-order valence-corrected chi connectivity index (χ2v) is 3.00. The third kappa shape index (κ3) is 1.16. The number of aromatic nitrogens is 2. The van der Waals surface area contributed by atoms with Crippen LogP contribution in [0.5, 0.6) is 0 Å². The Balaban J connectivity index is 2.50. The molecule has 0 aliphatic heterocycles. The largest absolute Gasteiger partial charge is 0.480 e. The number of rotatable bonds is 2. The van der Waals surface area contributed by atoms with Gasteiger partial charge in [-0.2, -0.15) is 0 Å². The van der Waals surface area contributed by atoms with Crippen LogP contribution < -0.4 is 5.73 Å². The van der Waals surface area contributed by atoms with Crippen molar-refractivity contribution in [3.05, 3.63) is 23.8 Å². The minimum Gasteiger partial charge on any atom is -0.480 e. The van der Waals surface area contributed by atoms with Gasteiger partial charge in [-0.15, -0.1) is 0 Å². The fourth-order valence-electron chi connectivity index (χ4n) is 1.18. The van der Waals surface area contributed by atoms with Crippen molar-refractivity contribution in [2.45, 2.75) is 13.0 Å². The van der Waals surface area contributed by atoms with Crippen molar-refractivity contribution in [2.75, 3.05) is 0 Å². The lowest BCUT2D eigenvalue weighted by Gasteiger charge is -1.98. The first-order valence-electron chi connectivity index (χ1n) is 4.01. The maximum Gasteiger partial charge on any atom is 0.328 e. The predicted molar refractivity (Wildman–Crippen MR) is 46.8 cm³/mol. The topological polar surface area (TPSA) is 93.8 Å². The summed E-state index contributed by atoms with van der Waals surface area (Å²) in [6.45, 7) is 1.84. The SMILES string of the molecule is Cc1cnc2oc(C(N)C(=O)O)cn12. The average molecular weight is 195 g/mol. The molecule has 0 fully saturated rings. The minimum atomic E-state index is -1.14. The zero-order valence-corrected chi connectivity index (χ0v) is 7.47. The van der Waals surface area contributed by atoms with Gasteiger partial charge in [0.15, 0.2) is 11.8 Å². The van der Waals surface area contributed by atoms with Crippen LogP contribution in [0.4, 0.5) is 0 Å². The monoisotopic (exact) mass is 195 g/mol. The second-order valence-electron chi connectivity index (χ2n) is 3.00. The molecule has 0 amide bonds. The molecule has 1 unspecified atom stereocenters. The summed E-state index contributed by atoms with van der Waals surface area (Å²) in [4.78, 5) is 14.5. The first kappa shape index (κ1) is 8.76. The summed E-state index contributed by atoms with van der Waals surface area (Å²) < 4.78 is 6.81. The van der Waals surface area contributed by atoms with Crippen molar-refractivity contribution >= 4 is 11.8 Å². The number of hydrogen-bond donors (Lipinski definition) is 2. The van der Waals surface area contributed by atoms with E-state index in [9.17, 15) is 4.79 Å². The number of carboxylic acids is 1. The molecule has 0 bridgehead atoms. The molecule has 0 aliphatic rings. The Bertz CT molecular complexity index is 485. The zero-order valence-electron chi connectivity index (χ0n) is 7.47. The number of hydrogen-bond acceptors (Lipinski definition) is 4. The van der Waals surface area contributed by atoms with Crippen LogP contribution >= 0.6 is 0 Å². The number of imidazole rings is 1. The van der Waals surface area contributed by atoms with Crippen LogP contribution in [0.25, 0.3) is 5.84 Å². The molecule has 74 valence electrons. The van der Waals surface area contributed by atoms with E-state index in [0.717, 1.165) is 5.69 Å². The van der Waals surface area contributed by atoms with Crippen LogP contribution in [0.1, 0.15) is 17.5 Å². The predicted octanol–water partition coefficient (Wildman–Crippen LogP) is 0.320. The molecule has 0 aromatic carbocycles. The Morgan fingerprint density at radius 2 is 2.50 bits per heavy atom. The van der Waals surface area contributed by atoms with Crippen molar-refractivity contribution < 1.29 is 14.3 Å². The van der Waals surface area contributed by atoms with E-state index in [-0.39, 0.29) is 5.76 Å². The molecule has 2 aromatic heterocycles. The summed E-state index contributed by atoms with van der Waals surface area (Å²) in [5.41, 5.74) is 6.24.